The summed E-state index contributed by atoms with van der Waals surface area (Å²) in [5, 5.41) is 12.6. The minimum atomic E-state index is -0.611. The third kappa shape index (κ3) is 3.23. The van der Waals surface area contributed by atoms with Gasteiger partial charge in [0.25, 0.3) is 0 Å². The molecule has 2 N–H and O–H groups in total. The molecule has 0 aromatic carbocycles. The second-order valence-electron chi connectivity index (χ2n) is 6.15. The normalized spacial score (nSPS) is 24.7. The number of carboxylic acid groups (broad SMARTS) is 1. The fourth-order valence-electron chi connectivity index (χ4n) is 3.05. The highest BCUT2D eigenvalue weighted by atomic mass is 16.4. The number of carbonyl (C=O) groups is 1. The summed E-state index contributed by atoms with van der Waals surface area (Å²) in [6.45, 7) is 4.06. The van der Waals surface area contributed by atoms with Crippen molar-refractivity contribution < 1.29 is 9.90 Å². The van der Waals surface area contributed by atoms with Crippen LogP contribution in [-0.4, -0.2) is 49.2 Å². The van der Waals surface area contributed by atoms with Crippen molar-refractivity contribution in [3.63, 3.8) is 0 Å². The van der Waals surface area contributed by atoms with E-state index in [2.05, 4.69) is 17.3 Å². The van der Waals surface area contributed by atoms with Gasteiger partial charge in [-0.3, -0.25) is 4.79 Å². The Balaban J connectivity index is 1.60. The average Bonchev–Trinajstić information content (AvgIpc) is 2.29. The summed E-state index contributed by atoms with van der Waals surface area (Å²) in [5.74, 6) is 0.219. The van der Waals surface area contributed by atoms with Gasteiger partial charge in [-0.2, -0.15) is 0 Å². The van der Waals surface area contributed by atoms with Crippen molar-refractivity contribution in [2.24, 2.45) is 11.3 Å². The number of hydrogen-bond acceptors (Lipinski definition) is 3. The molecule has 0 spiro atoms. The molecule has 1 saturated carbocycles. The van der Waals surface area contributed by atoms with Gasteiger partial charge in [-0.05, 0) is 64.7 Å². The van der Waals surface area contributed by atoms with E-state index in [4.69, 9.17) is 0 Å². The lowest BCUT2D eigenvalue weighted by Gasteiger charge is -2.38. The Kier molecular flexibility index (Phi) is 4.62. The minimum Gasteiger partial charge on any atom is -0.481 e. The maximum atomic E-state index is 11.2. The number of likely N-dealkylation sites (tertiary alicyclic amines) is 1. The Hall–Kier alpha value is -0.610. The largest absolute Gasteiger partial charge is 0.481 e. The molecule has 1 aliphatic carbocycles. The number of rotatable bonds is 6. The van der Waals surface area contributed by atoms with Gasteiger partial charge in [-0.15, -0.1) is 0 Å². The second kappa shape index (κ2) is 6.02. The van der Waals surface area contributed by atoms with Crippen molar-refractivity contribution in [1.82, 2.24) is 10.2 Å². The first-order valence-electron chi connectivity index (χ1n) is 7.25. The number of nitrogens with zero attached hydrogens (tertiary/aromatic N) is 1. The predicted octanol–water partition coefficient (Wildman–Crippen LogP) is 1.56. The van der Waals surface area contributed by atoms with E-state index in [9.17, 15) is 9.90 Å². The van der Waals surface area contributed by atoms with E-state index in [1.54, 1.807) is 0 Å². The van der Waals surface area contributed by atoms with Crippen molar-refractivity contribution in [2.45, 2.75) is 38.5 Å². The van der Waals surface area contributed by atoms with Gasteiger partial charge in [0.05, 0.1) is 5.41 Å². The second-order valence-corrected chi connectivity index (χ2v) is 6.15. The number of piperidine rings is 1. The van der Waals surface area contributed by atoms with E-state index in [0.717, 1.165) is 31.7 Å². The molecule has 0 atom stereocenters. The van der Waals surface area contributed by atoms with Gasteiger partial charge in [0.2, 0.25) is 0 Å². The van der Waals surface area contributed by atoms with Crippen LogP contribution in [0.2, 0.25) is 0 Å². The van der Waals surface area contributed by atoms with Crippen LogP contribution in [0.25, 0.3) is 0 Å². The van der Waals surface area contributed by atoms with Gasteiger partial charge in [0, 0.05) is 6.54 Å². The monoisotopic (exact) mass is 254 g/mol. The first kappa shape index (κ1) is 13.8. The molecule has 0 aromatic heterocycles. The lowest BCUT2D eigenvalue weighted by Crippen LogP contribution is -2.46. The van der Waals surface area contributed by atoms with Gasteiger partial charge >= 0.3 is 5.97 Å². The lowest BCUT2D eigenvalue weighted by molar-refractivity contribution is -0.154. The lowest BCUT2D eigenvalue weighted by atomic mass is 9.69. The Morgan fingerprint density at radius 1 is 1.39 bits per heavy atom. The van der Waals surface area contributed by atoms with Gasteiger partial charge < -0.3 is 15.3 Å². The van der Waals surface area contributed by atoms with Gasteiger partial charge in [-0.25, -0.2) is 0 Å². The van der Waals surface area contributed by atoms with Crippen LogP contribution < -0.4 is 5.32 Å². The molecule has 18 heavy (non-hydrogen) atoms. The Morgan fingerprint density at radius 2 is 2.06 bits per heavy atom. The van der Waals surface area contributed by atoms with Crippen molar-refractivity contribution in [3.8, 4) is 0 Å². The highest BCUT2D eigenvalue weighted by Gasteiger charge is 2.43. The molecule has 4 heteroatoms. The minimum absolute atomic E-state index is 0.438. The van der Waals surface area contributed by atoms with Crippen LogP contribution in [-0.2, 0) is 4.79 Å². The van der Waals surface area contributed by atoms with Crippen LogP contribution in [0.1, 0.15) is 38.5 Å². The van der Waals surface area contributed by atoms with Crippen LogP contribution in [0.5, 0.6) is 0 Å². The summed E-state index contributed by atoms with van der Waals surface area (Å²) >= 11 is 0. The summed E-state index contributed by atoms with van der Waals surface area (Å²) in [5.41, 5.74) is -0.438. The van der Waals surface area contributed by atoms with Crippen LogP contribution >= 0.6 is 0 Å². The van der Waals surface area contributed by atoms with Gasteiger partial charge in [0.15, 0.2) is 0 Å². The Labute approximate surface area is 110 Å². The highest BCUT2D eigenvalue weighted by molar-refractivity contribution is 5.76. The molecule has 1 heterocycles. The molecule has 2 fully saturated rings. The van der Waals surface area contributed by atoms with Crippen molar-refractivity contribution in [3.05, 3.63) is 0 Å². The first-order valence-corrected chi connectivity index (χ1v) is 7.25. The van der Waals surface area contributed by atoms with E-state index in [1.165, 1.54) is 32.4 Å². The molecule has 0 bridgehead atoms. The Bertz CT molecular complexity index is 282. The van der Waals surface area contributed by atoms with Crippen molar-refractivity contribution in [1.29, 1.82) is 0 Å². The summed E-state index contributed by atoms with van der Waals surface area (Å²) < 4.78 is 0. The quantitative estimate of drug-likeness (QED) is 0.706. The number of carboxylic acids is 1. The van der Waals surface area contributed by atoms with E-state index in [0.29, 0.717) is 6.54 Å². The summed E-state index contributed by atoms with van der Waals surface area (Å²) in [4.78, 5) is 13.6. The fraction of sp³-hybridized carbons (Fsp3) is 0.929. The molecule has 0 amide bonds. The number of aliphatic carboxylic acids is 1. The maximum Gasteiger partial charge on any atom is 0.310 e. The molecule has 1 aliphatic heterocycles. The third-order valence-electron chi connectivity index (χ3n) is 4.80. The third-order valence-corrected chi connectivity index (χ3v) is 4.80. The van der Waals surface area contributed by atoms with Crippen molar-refractivity contribution >= 4 is 5.97 Å². The molecule has 2 aliphatic rings. The van der Waals surface area contributed by atoms with Crippen molar-refractivity contribution in [2.75, 3.05) is 33.2 Å². The standard InChI is InChI=1S/C14H26N2O2/c1-16-9-4-12(5-10-16)3-8-15-11-14(13(17)18)6-2-7-14/h12,15H,2-11H2,1H3,(H,17,18). The van der Waals surface area contributed by atoms with E-state index in [-0.39, 0.29) is 0 Å². The molecular formula is C14H26N2O2. The fourth-order valence-corrected chi connectivity index (χ4v) is 3.05. The zero-order valence-corrected chi connectivity index (χ0v) is 11.5. The molecule has 0 aromatic rings. The maximum absolute atomic E-state index is 11.2. The number of hydrogen-bond donors (Lipinski definition) is 2. The Morgan fingerprint density at radius 3 is 2.56 bits per heavy atom. The molecular weight excluding hydrogens is 228 g/mol. The first-order chi connectivity index (χ1) is 8.62. The summed E-state index contributed by atoms with van der Waals surface area (Å²) in [6.07, 6.45) is 6.56. The van der Waals surface area contributed by atoms with E-state index in [1.807, 2.05) is 0 Å². The summed E-state index contributed by atoms with van der Waals surface area (Å²) in [6, 6.07) is 0. The topological polar surface area (TPSA) is 52.6 Å². The zero-order valence-electron chi connectivity index (χ0n) is 11.5. The molecule has 1 saturated heterocycles. The molecule has 4 nitrogen and oxygen atoms in total. The molecule has 2 rings (SSSR count). The zero-order chi connectivity index (χ0) is 13.0. The predicted molar refractivity (Wildman–Crippen MR) is 71.6 cm³/mol. The van der Waals surface area contributed by atoms with Crippen LogP contribution in [0.3, 0.4) is 0 Å². The number of nitrogens with one attached hydrogen (secondary N) is 1. The van der Waals surface area contributed by atoms with Gasteiger partial charge in [0.1, 0.15) is 0 Å². The van der Waals surface area contributed by atoms with Gasteiger partial charge in [-0.1, -0.05) is 6.42 Å². The smallest absolute Gasteiger partial charge is 0.310 e. The molecule has 0 unspecified atom stereocenters. The average molecular weight is 254 g/mol. The molecule has 0 radical (unpaired) electrons. The van der Waals surface area contributed by atoms with Crippen LogP contribution in [0, 0.1) is 11.3 Å². The van der Waals surface area contributed by atoms with Crippen LogP contribution in [0.4, 0.5) is 0 Å². The highest BCUT2D eigenvalue weighted by Crippen LogP contribution is 2.40. The van der Waals surface area contributed by atoms with Crippen LogP contribution in [0.15, 0.2) is 0 Å². The van der Waals surface area contributed by atoms with E-state index < -0.39 is 11.4 Å². The molecule has 104 valence electrons. The van der Waals surface area contributed by atoms with E-state index >= 15 is 0 Å². The SMILES string of the molecule is CN1CCC(CCNCC2(C(=O)O)CCC2)CC1. The summed E-state index contributed by atoms with van der Waals surface area (Å²) in [7, 11) is 2.18.